The molecule has 4 rings (SSSR count). The number of aryl methyl sites for hydroxylation is 1. The molecule has 6 N–H and O–H groups in total. The minimum absolute atomic E-state index is 0.0178. The first-order valence-corrected chi connectivity index (χ1v) is 21.9. The second kappa shape index (κ2) is 25.4. The van der Waals surface area contributed by atoms with E-state index in [2.05, 4.69) is 63.6 Å². The number of benzene rings is 2. The number of rotatable bonds is 17. The second-order valence-electron chi connectivity index (χ2n) is 15.6. The van der Waals surface area contributed by atoms with Gasteiger partial charge in [-0.15, -0.1) is 0 Å². The first kappa shape index (κ1) is 50.9. The highest BCUT2D eigenvalue weighted by Gasteiger charge is 2.30. The van der Waals surface area contributed by atoms with Gasteiger partial charge in [0.05, 0.1) is 17.8 Å². The molecule has 0 fully saturated rings. The minimum atomic E-state index is -0.534. The highest BCUT2D eigenvalue weighted by Crippen LogP contribution is 2.43. The number of carbonyl (C=O) groups excluding carboxylic acids is 3. The lowest BCUT2D eigenvalue weighted by Crippen LogP contribution is -2.49. The largest absolute Gasteiger partial charge is 0.481 e. The topological polar surface area (TPSA) is 156 Å². The number of nitrogens with one attached hydrogen (secondary N) is 3. The number of amides is 3. The molecule has 11 heteroatoms. The Bertz CT molecular complexity index is 1860. The molecular formula is C48H72ClN5O5. The van der Waals surface area contributed by atoms with Crippen LogP contribution in [0.3, 0.4) is 0 Å². The van der Waals surface area contributed by atoms with E-state index in [1.165, 1.54) is 37.1 Å². The Morgan fingerprint density at radius 2 is 1.64 bits per heavy atom. The predicted molar refractivity (Wildman–Crippen MR) is 245 cm³/mol. The number of aliphatic hydroxyl groups excluding tert-OH is 1. The third kappa shape index (κ3) is 13.9. The number of fused-ring (bicyclic) bond motifs is 1. The minimum Gasteiger partial charge on any atom is -0.481 e. The SMILES string of the molecule is CCC(C)CCC(CC)(CC)NC(=O)C(C)CC.CCCO.CNC(=O)/C(=C\CN)C(=O)Nc1cccc(-c2cccc(-c3cc4c(c(OC)n3)C(C)CC4)c2Cl)c1C. The van der Waals surface area contributed by atoms with Crippen molar-refractivity contribution in [3.05, 3.63) is 75.8 Å². The number of ether oxygens (including phenoxy) is 1. The van der Waals surface area contributed by atoms with E-state index >= 15 is 0 Å². The molecule has 3 aromatic rings. The number of aromatic nitrogens is 1. The summed E-state index contributed by atoms with van der Waals surface area (Å²) in [6.07, 6.45) is 10.8. The predicted octanol–water partition coefficient (Wildman–Crippen LogP) is 9.93. The smallest absolute Gasteiger partial charge is 0.260 e. The van der Waals surface area contributed by atoms with Crippen LogP contribution in [0.4, 0.5) is 5.69 Å². The van der Waals surface area contributed by atoms with Gasteiger partial charge in [-0.05, 0) is 98.9 Å². The summed E-state index contributed by atoms with van der Waals surface area (Å²) in [6, 6.07) is 13.5. The normalized spacial score (nSPS) is 14.4. The van der Waals surface area contributed by atoms with Gasteiger partial charge in [0.25, 0.3) is 11.8 Å². The summed E-state index contributed by atoms with van der Waals surface area (Å²) < 4.78 is 5.64. The number of nitrogens with zero attached hydrogens (tertiary/aromatic N) is 1. The van der Waals surface area contributed by atoms with Crippen molar-refractivity contribution in [3.8, 4) is 28.3 Å². The molecule has 3 amide bonds. The van der Waals surface area contributed by atoms with Gasteiger partial charge in [0.1, 0.15) is 5.57 Å². The van der Waals surface area contributed by atoms with Crippen molar-refractivity contribution in [2.75, 3.05) is 32.6 Å². The van der Waals surface area contributed by atoms with Gasteiger partial charge in [0.2, 0.25) is 11.8 Å². The summed E-state index contributed by atoms with van der Waals surface area (Å²) in [5.41, 5.74) is 12.6. The molecule has 326 valence electrons. The number of nitrogens with two attached hydrogens (primary N) is 1. The molecule has 0 saturated heterocycles. The summed E-state index contributed by atoms with van der Waals surface area (Å²) in [4.78, 5) is 41.9. The number of pyridine rings is 1. The number of hydrogen-bond donors (Lipinski definition) is 5. The van der Waals surface area contributed by atoms with Crippen molar-refractivity contribution in [1.29, 1.82) is 0 Å². The molecule has 1 heterocycles. The van der Waals surface area contributed by atoms with Gasteiger partial charge in [-0.1, -0.05) is 110 Å². The third-order valence-corrected chi connectivity index (χ3v) is 12.1. The van der Waals surface area contributed by atoms with Crippen LogP contribution in [0.15, 0.2) is 54.1 Å². The average Bonchev–Trinajstić information content (AvgIpc) is 3.64. The van der Waals surface area contributed by atoms with Gasteiger partial charge in [-0.2, -0.15) is 0 Å². The number of aliphatic hydroxyl groups is 1. The Morgan fingerprint density at radius 3 is 2.20 bits per heavy atom. The lowest BCUT2D eigenvalue weighted by molar-refractivity contribution is -0.127. The van der Waals surface area contributed by atoms with Crippen molar-refractivity contribution >= 4 is 35.0 Å². The standard InChI is InChI=1S/C29H31ClN4O3.C16H33NO.C3H8O/c1-16-11-12-18-15-24(34-29(37-4)25(16)18)21-9-5-8-20(26(21)30)19-7-6-10-23(17(19)2)33-28(36)22(13-14-31)27(35)32-3;1-7-13(5)11-12-16(9-3,10-4)17-15(18)14(6)8-2;1-2-3-4/h5-10,13,15-16H,11-12,14,31H2,1-4H3,(H,32,35)(H,33,36);13-14H,7-12H2,1-6H3,(H,17,18);4H,2-3H2,1H3/b22-13+;;. The quantitative estimate of drug-likeness (QED) is 0.0515. The second-order valence-corrected chi connectivity index (χ2v) is 16.0. The van der Waals surface area contributed by atoms with Crippen LogP contribution in [0.25, 0.3) is 22.4 Å². The molecule has 0 saturated carbocycles. The van der Waals surface area contributed by atoms with Crippen LogP contribution in [0.1, 0.15) is 129 Å². The van der Waals surface area contributed by atoms with Crippen LogP contribution in [-0.4, -0.2) is 60.7 Å². The molecule has 3 unspecified atom stereocenters. The Labute approximate surface area is 359 Å². The van der Waals surface area contributed by atoms with Gasteiger partial charge in [-0.25, -0.2) is 4.98 Å². The zero-order valence-electron chi connectivity index (χ0n) is 37.6. The summed E-state index contributed by atoms with van der Waals surface area (Å²) >= 11 is 6.99. The molecule has 3 atom stereocenters. The van der Waals surface area contributed by atoms with E-state index in [-0.39, 0.29) is 29.5 Å². The maximum Gasteiger partial charge on any atom is 0.260 e. The van der Waals surface area contributed by atoms with E-state index in [0.717, 1.165) is 78.8 Å². The fourth-order valence-corrected chi connectivity index (χ4v) is 7.32. The van der Waals surface area contributed by atoms with Crippen molar-refractivity contribution in [3.63, 3.8) is 0 Å². The van der Waals surface area contributed by atoms with Crippen LogP contribution in [0.5, 0.6) is 5.88 Å². The van der Waals surface area contributed by atoms with E-state index in [0.29, 0.717) is 29.1 Å². The highest BCUT2D eigenvalue weighted by atomic mass is 35.5. The Kier molecular flexibility index (Phi) is 21.9. The molecular weight excluding hydrogens is 762 g/mol. The molecule has 1 aliphatic carbocycles. The molecule has 1 aliphatic rings. The molecule has 0 radical (unpaired) electrons. The number of halogens is 1. The van der Waals surface area contributed by atoms with E-state index < -0.39 is 11.8 Å². The van der Waals surface area contributed by atoms with Crippen LogP contribution in [-0.2, 0) is 20.8 Å². The maximum absolute atomic E-state index is 12.8. The van der Waals surface area contributed by atoms with Crippen LogP contribution < -0.4 is 26.4 Å². The lowest BCUT2D eigenvalue weighted by atomic mass is 9.84. The first-order chi connectivity index (χ1) is 28.2. The summed E-state index contributed by atoms with van der Waals surface area (Å²) in [7, 11) is 3.11. The molecule has 1 aromatic heterocycles. The number of anilines is 1. The van der Waals surface area contributed by atoms with Gasteiger partial charge in [0.15, 0.2) is 0 Å². The van der Waals surface area contributed by atoms with Gasteiger partial charge in [-0.3, -0.25) is 14.4 Å². The van der Waals surface area contributed by atoms with E-state index in [4.69, 9.17) is 32.2 Å². The fraction of sp³-hybridized carbons (Fsp3) is 0.542. The van der Waals surface area contributed by atoms with Crippen LogP contribution in [0.2, 0.25) is 5.02 Å². The first-order valence-electron chi connectivity index (χ1n) is 21.5. The van der Waals surface area contributed by atoms with Gasteiger partial charge >= 0.3 is 0 Å². The van der Waals surface area contributed by atoms with Crippen LogP contribution in [0, 0.1) is 18.8 Å². The Hall–Kier alpha value is -4.25. The van der Waals surface area contributed by atoms with Crippen molar-refractivity contribution in [1.82, 2.24) is 15.6 Å². The number of hydrogen-bond acceptors (Lipinski definition) is 7. The van der Waals surface area contributed by atoms with Gasteiger partial charge in [0, 0.05) is 54.0 Å². The van der Waals surface area contributed by atoms with Crippen molar-refractivity contribution < 1.29 is 24.2 Å². The Morgan fingerprint density at radius 1 is 1.02 bits per heavy atom. The molecule has 10 nitrogen and oxygen atoms in total. The zero-order valence-corrected chi connectivity index (χ0v) is 38.4. The van der Waals surface area contributed by atoms with E-state index in [9.17, 15) is 14.4 Å². The fourth-order valence-electron chi connectivity index (χ4n) is 7.00. The van der Waals surface area contributed by atoms with Crippen molar-refractivity contribution in [2.45, 2.75) is 132 Å². The van der Waals surface area contributed by atoms with E-state index in [1.54, 1.807) is 13.2 Å². The van der Waals surface area contributed by atoms with Gasteiger partial charge < -0.3 is 31.5 Å². The maximum atomic E-state index is 12.8. The number of methoxy groups -OCH3 is 1. The molecule has 0 aliphatic heterocycles. The molecule has 59 heavy (non-hydrogen) atoms. The zero-order chi connectivity index (χ0) is 44.3. The lowest BCUT2D eigenvalue weighted by Gasteiger charge is -2.35. The summed E-state index contributed by atoms with van der Waals surface area (Å²) in [5, 5.41) is 17.1. The third-order valence-electron chi connectivity index (χ3n) is 11.7. The average molecular weight is 835 g/mol. The Balaban J connectivity index is 0.000000457. The number of likely N-dealkylation sites (N-methyl/N-ethyl adjacent to an activating group) is 1. The van der Waals surface area contributed by atoms with E-state index in [1.807, 2.05) is 51.1 Å². The van der Waals surface area contributed by atoms with Crippen molar-refractivity contribution in [2.24, 2.45) is 17.6 Å². The molecule has 0 spiro atoms. The molecule has 2 aromatic carbocycles. The summed E-state index contributed by atoms with van der Waals surface area (Å²) in [6.45, 7) is 19.4. The summed E-state index contributed by atoms with van der Waals surface area (Å²) in [5.74, 6) is 1.14. The monoisotopic (exact) mass is 834 g/mol. The number of carbonyl (C=O) groups is 3. The highest BCUT2D eigenvalue weighted by molar-refractivity contribution is 6.36. The van der Waals surface area contributed by atoms with Crippen LogP contribution >= 0.6 is 11.6 Å². The molecule has 0 bridgehead atoms.